The number of hydrogen-bond donors (Lipinski definition) is 0. The molecule has 1 heterocycles. The molecule has 4 heteroatoms. The maximum atomic E-state index is 10.5. The first-order valence-corrected chi connectivity index (χ1v) is 3.66. The second kappa shape index (κ2) is 3.69. The number of carbonyl (C=O) groups excluding carboxylic acids is 1. The van der Waals surface area contributed by atoms with Gasteiger partial charge in [0.05, 0.1) is 13.2 Å². The zero-order valence-corrected chi connectivity index (χ0v) is 6.87. The zero-order chi connectivity index (χ0) is 8.27. The fraction of sp³-hybridized carbons (Fsp3) is 0.857. The molecule has 0 amide bonds. The van der Waals surface area contributed by atoms with Crippen molar-refractivity contribution in [2.75, 3.05) is 26.7 Å². The van der Waals surface area contributed by atoms with Crippen LogP contribution in [0.1, 0.15) is 6.92 Å². The molecule has 1 fully saturated rings. The normalized spacial score (nSPS) is 26.5. The summed E-state index contributed by atoms with van der Waals surface area (Å²) >= 11 is 0. The van der Waals surface area contributed by atoms with E-state index >= 15 is 0 Å². The van der Waals surface area contributed by atoms with Crippen LogP contribution in [-0.4, -0.2) is 43.9 Å². The van der Waals surface area contributed by atoms with Crippen molar-refractivity contribution in [2.24, 2.45) is 0 Å². The third-order valence-electron chi connectivity index (χ3n) is 1.53. The van der Waals surface area contributed by atoms with Crippen LogP contribution in [0.25, 0.3) is 0 Å². The number of ether oxygens (including phenoxy) is 2. The molecule has 1 saturated heterocycles. The monoisotopic (exact) mass is 159 g/mol. The van der Waals surface area contributed by atoms with Gasteiger partial charge in [0.15, 0.2) is 0 Å². The number of morpholine rings is 1. The molecule has 1 rings (SSSR count). The van der Waals surface area contributed by atoms with E-state index in [1.165, 1.54) is 6.92 Å². The summed E-state index contributed by atoms with van der Waals surface area (Å²) in [7, 11) is 1.97. The Balaban J connectivity index is 2.28. The van der Waals surface area contributed by atoms with E-state index in [2.05, 4.69) is 4.90 Å². The average molecular weight is 159 g/mol. The lowest BCUT2D eigenvalue weighted by molar-refractivity contribution is -0.190. The molecule has 64 valence electrons. The lowest BCUT2D eigenvalue weighted by Gasteiger charge is -2.28. The molecule has 11 heavy (non-hydrogen) atoms. The van der Waals surface area contributed by atoms with Crippen molar-refractivity contribution >= 4 is 5.97 Å². The van der Waals surface area contributed by atoms with Crippen molar-refractivity contribution in [3.8, 4) is 0 Å². The molecule has 0 aromatic rings. The predicted octanol–water partition coefficient (Wildman–Crippen LogP) is -0.162. The summed E-state index contributed by atoms with van der Waals surface area (Å²) in [6.07, 6.45) is -0.369. The number of hydrogen-bond acceptors (Lipinski definition) is 4. The summed E-state index contributed by atoms with van der Waals surface area (Å²) in [5.41, 5.74) is 0. The summed E-state index contributed by atoms with van der Waals surface area (Å²) in [5, 5.41) is 0. The van der Waals surface area contributed by atoms with Gasteiger partial charge in [0.2, 0.25) is 6.29 Å². The van der Waals surface area contributed by atoms with Gasteiger partial charge in [-0.25, -0.2) is 0 Å². The van der Waals surface area contributed by atoms with Gasteiger partial charge < -0.3 is 9.47 Å². The Hall–Kier alpha value is -0.610. The molecule has 0 aromatic heterocycles. The van der Waals surface area contributed by atoms with Gasteiger partial charge in [-0.1, -0.05) is 0 Å². The Kier molecular flexibility index (Phi) is 2.84. The first-order valence-electron chi connectivity index (χ1n) is 3.66. The molecule has 1 aliphatic heterocycles. The number of esters is 1. The van der Waals surface area contributed by atoms with Gasteiger partial charge in [-0.3, -0.25) is 9.69 Å². The van der Waals surface area contributed by atoms with Crippen LogP contribution in [0.4, 0.5) is 0 Å². The largest absolute Gasteiger partial charge is 0.435 e. The maximum Gasteiger partial charge on any atom is 0.304 e. The van der Waals surface area contributed by atoms with Gasteiger partial charge in [-0.15, -0.1) is 0 Å². The van der Waals surface area contributed by atoms with Crippen LogP contribution in [0.15, 0.2) is 0 Å². The van der Waals surface area contributed by atoms with Crippen molar-refractivity contribution in [1.29, 1.82) is 0 Å². The van der Waals surface area contributed by atoms with Gasteiger partial charge in [0.25, 0.3) is 0 Å². The van der Waals surface area contributed by atoms with Crippen LogP contribution < -0.4 is 0 Å². The van der Waals surface area contributed by atoms with E-state index in [9.17, 15) is 4.79 Å². The van der Waals surface area contributed by atoms with Crippen LogP contribution >= 0.6 is 0 Å². The van der Waals surface area contributed by atoms with E-state index in [1.807, 2.05) is 7.05 Å². The van der Waals surface area contributed by atoms with Crippen LogP contribution in [0.2, 0.25) is 0 Å². The number of rotatable bonds is 1. The molecule has 1 atom stereocenters. The second-order valence-electron chi connectivity index (χ2n) is 2.67. The van der Waals surface area contributed by atoms with Crippen LogP contribution in [-0.2, 0) is 14.3 Å². The van der Waals surface area contributed by atoms with Crippen molar-refractivity contribution < 1.29 is 14.3 Å². The van der Waals surface area contributed by atoms with Crippen LogP contribution in [0.3, 0.4) is 0 Å². The Morgan fingerprint density at radius 1 is 1.73 bits per heavy atom. The topological polar surface area (TPSA) is 38.8 Å². The molecule has 0 N–H and O–H groups in total. The quantitative estimate of drug-likeness (QED) is 0.498. The van der Waals surface area contributed by atoms with E-state index in [0.29, 0.717) is 13.2 Å². The van der Waals surface area contributed by atoms with E-state index in [4.69, 9.17) is 9.47 Å². The maximum absolute atomic E-state index is 10.5. The highest BCUT2D eigenvalue weighted by Gasteiger charge is 2.19. The summed E-state index contributed by atoms with van der Waals surface area (Å²) < 4.78 is 10.0. The minimum Gasteiger partial charge on any atom is -0.435 e. The van der Waals surface area contributed by atoms with Gasteiger partial charge in [-0.05, 0) is 7.05 Å². The fourth-order valence-electron chi connectivity index (χ4n) is 0.995. The summed E-state index contributed by atoms with van der Waals surface area (Å²) in [6, 6.07) is 0. The second-order valence-corrected chi connectivity index (χ2v) is 2.67. The molecule has 0 bridgehead atoms. The average Bonchev–Trinajstić information content (AvgIpc) is 1.85. The van der Waals surface area contributed by atoms with Crippen molar-refractivity contribution in [3.05, 3.63) is 0 Å². The smallest absolute Gasteiger partial charge is 0.304 e. The van der Waals surface area contributed by atoms with Gasteiger partial charge >= 0.3 is 5.97 Å². The molecule has 1 aliphatic rings. The molecule has 0 unspecified atom stereocenters. The summed E-state index contributed by atoms with van der Waals surface area (Å²) in [4.78, 5) is 12.6. The number of nitrogens with zero attached hydrogens (tertiary/aromatic N) is 1. The minimum atomic E-state index is -0.369. The first-order chi connectivity index (χ1) is 5.18. The van der Waals surface area contributed by atoms with Crippen molar-refractivity contribution in [1.82, 2.24) is 4.90 Å². The highest BCUT2D eigenvalue weighted by molar-refractivity contribution is 5.66. The zero-order valence-electron chi connectivity index (χ0n) is 6.87. The minimum absolute atomic E-state index is 0.287. The first kappa shape index (κ1) is 8.49. The Labute approximate surface area is 66.1 Å². The van der Waals surface area contributed by atoms with E-state index in [0.717, 1.165) is 6.54 Å². The fourth-order valence-corrected chi connectivity index (χ4v) is 0.995. The van der Waals surface area contributed by atoms with E-state index in [1.54, 1.807) is 0 Å². The SMILES string of the molecule is CC(=O)O[C@@H]1CN(C)CCO1. The van der Waals surface area contributed by atoms with Crippen molar-refractivity contribution in [3.63, 3.8) is 0 Å². The molecular weight excluding hydrogens is 146 g/mol. The molecule has 0 saturated carbocycles. The Morgan fingerprint density at radius 3 is 3.00 bits per heavy atom. The van der Waals surface area contributed by atoms with Crippen LogP contribution in [0.5, 0.6) is 0 Å². The third-order valence-corrected chi connectivity index (χ3v) is 1.53. The Morgan fingerprint density at radius 2 is 2.45 bits per heavy atom. The third kappa shape index (κ3) is 2.86. The molecule has 0 spiro atoms. The summed E-state index contributed by atoms with van der Waals surface area (Å²) in [5.74, 6) is -0.287. The van der Waals surface area contributed by atoms with Crippen molar-refractivity contribution in [2.45, 2.75) is 13.2 Å². The van der Waals surface area contributed by atoms with E-state index in [-0.39, 0.29) is 12.3 Å². The molecule has 4 nitrogen and oxygen atoms in total. The van der Waals surface area contributed by atoms with Gasteiger partial charge in [-0.2, -0.15) is 0 Å². The number of carbonyl (C=O) groups is 1. The highest BCUT2D eigenvalue weighted by atomic mass is 16.7. The van der Waals surface area contributed by atoms with E-state index < -0.39 is 0 Å². The number of likely N-dealkylation sites (N-methyl/N-ethyl adjacent to an activating group) is 1. The lowest BCUT2D eigenvalue weighted by Crippen LogP contribution is -2.41. The van der Waals surface area contributed by atoms with Gasteiger partial charge in [0, 0.05) is 13.5 Å². The predicted molar refractivity (Wildman–Crippen MR) is 39.0 cm³/mol. The summed E-state index contributed by atoms with van der Waals surface area (Å²) in [6.45, 7) is 3.59. The Bertz CT molecular complexity index is 149. The highest BCUT2D eigenvalue weighted by Crippen LogP contribution is 2.03. The molecule has 0 aromatic carbocycles. The molecular formula is C7H13NO3. The standard InChI is InChI=1S/C7H13NO3/c1-6(9)11-7-5-8(2)3-4-10-7/h7H,3-5H2,1-2H3/t7-/m1/s1. The molecule has 0 radical (unpaired) electrons. The van der Waals surface area contributed by atoms with Gasteiger partial charge in [0.1, 0.15) is 0 Å². The van der Waals surface area contributed by atoms with Crippen LogP contribution in [0, 0.1) is 0 Å². The lowest BCUT2D eigenvalue weighted by atomic mass is 10.4. The molecule has 0 aliphatic carbocycles.